The van der Waals surface area contributed by atoms with Crippen molar-refractivity contribution in [1.82, 2.24) is 4.98 Å². The van der Waals surface area contributed by atoms with E-state index in [1.807, 2.05) is 24.3 Å². The number of nitrogens with zero attached hydrogens (tertiary/aromatic N) is 3. The van der Waals surface area contributed by atoms with Crippen molar-refractivity contribution in [3.8, 4) is 6.07 Å². The van der Waals surface area contributed by atoms with Crippen LogP contribution in [0.25, 0.3) is 10.9 Å². The highest BCUT2D eigenvalue weighted by Gasteiger charge is 2.24. The largest absolute Gasteiger partial charge is 0.370 e. The van der Waals surface area contributed by atoms with Gasteiger partial charge in [0, 0.05) is 23.5 Å². The van der Waals surface area contributed by atoms with Crippen LogP contribution >= 0.6 is 11.6 Å². The lowest BCUT2D eigenvalue weighted by Crippen LogP contribution is -2.39. The summed E-state index contributed by atoms with van der Waals surface area (Å²) in [5.41, 5.74) is 3.79. The summed E-state index contributed by atoms with van der Waals surface area (Å²) < 4.78 is 6.00. The zero-order chi connectivity index (χ0) is 18.1. The summed E-state index contributed by atoms with van der Waals surface area (Å²) in [7, 11) is 0. The quantitative estimate of drug-likeness (QED) is 0.665. The van der Waals surface area contributed by atoms with Gasteiger partial charge in [0.05, 0.1) is 23.8 Å². The van der Waals surface area contributed by atoms with Crippen LogP contribution in [0.2, 0.25) is 5.02 Å². The molecule has 1 aliphatic rings. The molecule has 0 saturated carbocycles. The van der Waals surface area contributed by atoms with Gasteiger partial charge in [0.1, 0.15) is 11.9 Å². The fourth-order valence-electron chi connectivity index (χ4n) is 3.43. The molecule has 2 aromatic carbocycles. The van der Waals surface area contributed by atoms with Crippen molar-refractivity contribution in [2.75, 3.05) is 24.6 Å². The fourth-order valence-corrected chi connectivity index (χ4v) is 3.60. The van der Waals surface area contributed by atoms with Gasteiger partial charge in [-0.1, -0.05) is 35.9 Å². The number of fused-ring (bicyclic) bond motifs is 1. The summed E-state index contributed by atoms with van der Waals surface area (Å²) in [5.74, 6) is 0.804. The van der Waals surface area contributed by atoms with Crippen LogP contribution in [0.1, 0.15) is 22.8 Å². The molecule has 0 radical (unpaired) electrons. The lowest BCUT2D eigenvalue weighted by Gasteiger charge is -2.34. The summed E-state index contributed by atoms with van der Waals surface area (Å²) in [6.07, 6.45) is -0.00167. The molecule has 3 aromatic rings. The average molecular weight is 364 g/mol. The summed E-state index contributed by atoms with van der Waals surface area (Å²) in [5, 5.41) is 10.9. The molecule has 1 aromatic heterocycles. The maximum atomic E-state index is 9.55. The zero-order valence-corrected chi connectivity index (χ0v) is 15.2. The number of hydrogen-bond donors (Lipinski definition) is 0. The zero-order valence-electron chi connectivity index (χ0n) is 14.4. The second-order valence-electron chi connectivity index (χ2n) is 6.46. The second kappa shape index (κ2) is 6.95. The molecule has 0 aliphatic carbocycles. The van der Waals surface area contributed by atoms with Gasteiger partial charge in [-0.3, -0.25) is 0 Å². The van der Waals surface area contributed by atoms with Crippen molar-refractivity contribution in [1.29, 1.82) is 5.26 Å². The van der Waals surface area contributed by atoms with Crippen LogP contribution in [-0.2, 0) is 4.74 Å². The minimum Gasteiger partial charge on any atom is -0.370 e. The average Bonchev–Trinajstić information content (AvgIpc) is 2.67. The van der Waals surface area contributed by atoms with E-state index in [1.54, 1.807) is 12.1 Å². The van der Waals surface area contributed by atoms with Gasteiger partial charge in [0.25, 0.3) is 0 Å². The molecule has 1 saturated heterocycles. The van der Waals surface area contributed by atoms with Crippen LogP contribution in [0.4, 0.5) is 5.82 Å². The molecule has 1 aliphatic heterocycles. The van der Waals surface area contributed by atoms with Crippen LogP contribution in [0, 0.1) is 18.3 Å². The van der Waals surface area contributed by atoms with Gasteiger partial charge >= 0.3 is 0 Å². The number of ether oxygens (including phenoxy) is 1. The number of anilines is 1. The Bertz CT molecular complexity index is 1010. The number of aromatic nitrogens is 1. The van der Waals surface area contributed by atoms with Crippen molar-refractivity contribution in [3.63, 3.8) is 0 Å². The third-order valence-corrected chi connectivity index (χ3v) is 5.04. The fraction of sp³-hybridized carbons (Fsp3) is 0.238. The van der Waals surface area contributed by atoms with Crippen molar-refractivity contribution >= 4 is 28.3 Å². The molecule has 2 heterocycles. The number of rotatable bonds is 2. The molecule has 0 N–H and O–H groups in total. The Kier molecular flexibility index (Phi) is 4.50. The Balaban J connectivity index is 1.70. The molecule has 1 unspecified atom stereocenters. The standard InChI is InChI=1S/C21H18ClN3O/c1-14-4-2-3-5-17(14)20-13-25(8-9-26-20)21-10-15(12-23)18-11-16(22)6-7-19(18)24-21/h2-7,10-11,20H,8-9,13H2,1H3. The number of morpholine rings is 1. The van der Waals surface area contributed by atoms with Crippen LogP contribution in [0.3, 0.4) is 0 Å². The second-order valence-corrected chi connectivity index (χ2v) is 6.90. The number of pyridine rings is 1. The number of benzene rings is 2. The third kappa shape index (κ3) is 3.12. The Hall–Kier alpha value is -2.61. The first-order valence-electron chi connectivity index (χ1n) is 8.58. The van der Waals surface area contributed by atoms with Crippen molar-refractivity contribution < 1.29 is 4.74 Å². The molecule has 5 heteroatoms. The molecule has 1 fully saturated rings. The lowest BCUT2D eigenvalue weighted by atomic mass is 10.0. The normalized spacial score (nSPS) is 17.3. The number of nitriles is 1. The highest BCUT2D eigenvalue weighted by Crippen LogP contribution is 2.30. The van der Waals surface area contributed by atoms with Crippen LogP contribution in [0.5, 0.6) is 0 Å². The highest BCUT2D eigenvalue weighted by atomic mass is 35.5. The van der Waals surface area contributed by atoms with Gasteiger partial charge in [-0.2, -0.15) is 5.26 Å². The van der Waals surface area contributed by atoms with E-state index in [-0.39, 0.29) is 6.10 Å². The molecule has 0 bridgehead atoms. The van der Waals surface area contributed by atoms with E-state index in [1.165, 1.54) is 11.1 Å². The number of halogens is 1. The maximum absolute atomic E-state index is 9.55. The predicted octanol–water partition coefficient (Wildman–Crippen LogP) is 4.65. The first-order chi connectivity index (χ1) is 12.7. The predicted molar refractivity (Wildman–Crippen MR) is 104 cm³/mol. The van der Waals surface area contributed by atoms with Gasteiger partial charge < -0.3 is 9.64 Å². The molecule has 1 atom stereocenters. The summed E-state index contributed by atoms with van der Waals surface area (Å²) in [6.45, 7) is 4.19. The van der Waals surface area contributed by atoms with Crippen LogP contribution < -0.4 is 4.90 Å². The van der Waals surface area contributed by atoms with Gasteiger partial charge in [0.2, 0.25) is 0 Å². The molecule has 26 heavy (non-hydrogen) atoms. The topological polar surface area (TPSA) is 49.2 Å². The third-order valence-electron chi connectivity index (χ3n) is 4.80. The Morgan fingerprint density at radius 3 is 2.88 bits per heavy atom. The summed E-state index contributed by atoms with van der Waals surface area (Å²) in [4.78, 5) is 6.95. The summed E-state index contributed by atoms with van der Waals surface area (Å²) in [6, 6.07) is 17.9. The molecule has 4 nitrogen and oxygen atoms in total. The Morgan fingerprint density at radius 1 is 1.23 bits per heavy atom. The first kappa shape index (κ1) is 16.8. The van der Waals surface area contributed by atoms with E-state index >= 15 is 0 Å². The van der Waals surface area contributed by atoms with Gasteiger partial charge in [-0.25, -0.2) is 4.98 Å². The summed E-state index contributed by atoms with van der Waals surface area (Å²) >= 11 is 6.07. The van der Waals surface area contributed by atoms with Crippen LogP contribution in [0.15, 0.2) is 48.5 Å². The molecule has 130 valence electrons. The first-order valence-corrected chi connectivity index (χ1v) is 8.96. The lowest BCUT2D eigenvalue weighted by molar-refractivity contribution is 0.0391. The van der Waals surface area contributed by atoms with E-state index in [9.17, 15) is 5.26 Å². The van der Waals surface area contributed by atoms with E-state index < -0.39 is 0 Å². The van der Waals surface area contributed by atoms with E-state index in [0.29, 0.717) is 23.7 Å². The number of aryl methyl sites for hydroxylation is 1. The molecular formula is C21H18ClN3O. The molecule has 0 amide bonds. The van der Waals surface area contributed by atoms with Crippen molar-refractivity contribution in [2.24, 2.45) is 0 Å². The minimum absolute atomic E-state index is 0.00167. The number of hydrogen-bond acceptors (Lipinski definition) is 4. The highest BCUT2D eigenvalue weighted by molar-refractivity contribution is 6.31. The smallest absolute Gasteiger partial charge is 0.130 e. The van der Waals surface area contributed by atoms with Gasteiger partial charge in [0.15, 0.2) is 0 Å². The maximum Gasteiger partial charge on any atom is 0.130 e. The SMILES string of the molecule is Cc1ccccc1C1CN(c2cc(C#N)c3cc(Cl)ccc3n2)CCO1. The Labute approximate surface area is 157 Å². The molecular weight excluding hydrogens is 346 g/mol. The van der Waals surface area contributed by atoms with E-state index in [0.717, 1.165) is 23.3 Å². The van der Waals surface area contributed by atoms with Crippen molar-refractivity contribution in [3.05, 3.63) is 70.2 Å². The Morgan fingerprint density at radius 2 is 2.08 bits per heavy atom. The molecule has 4 rings (SSSR count). The minimum atomic E-state index is -0.00167. The van der Waals surface area contributed by atoms with E-state index in [4.69, 9.17) is 21.3 Å². The van der Waals surface area contributed by atoms with Gasteiger partial charge in [-0.15, -0.1) is 0 Å². The van der Waals surface area contributed by atoms with Crippen molar-refractivity contribution in [2.45, 2.75) is 13.0 Å². The van der Waals surface area contributed by atoms with Gasteiger partial charge in [-0.05, 0) is 42.3 Å². The molecule has 0 spiro atoms. The van der Waals surface area contributed by atoms with Crippen LogP contribution in [-0.4, -0.2) is 24.7 Å². The van der Waals surface area contributed by atoms with E-state index in [2.05, 4.69) is 30.0 Å². The monoisotopic (exact) mass is 363 g/mol.